The summed E-state index contributed by atoms with van der Waals surface area (Å²) in [6.07, 6.45) is 87.4. The van der Waals surface area contributed by atoms with Gasteiger partial charge in [0.05, 0.1) is 0 Å². The van der Waals surface area contributed by atoms with E-state index >= 15 is 0 Å². The number of allylic oxidation sites excluding steroid dienone is 8. The van der Waals surface area contributed by atoms with Crippen LogP contribution in [0, 0.1) is 0 Å². The van der Waals surface area contributed by atoms with Gasteiger partial charge >= 0.3 is 17.9 Å². The predicted molar refractivity (Wildman–Crippen MR) is 349 cm³/mol. The Hall–Kier alpha value is -2.63. The van der Waals surface area contributed by atoms with Gasteiger partial charge in [-0.05, 0) is 77.0 Å². The molecule has 0 aromatic heterocycles. The normalized spacial score (nSPS) is 12.3. The van der Waals surface area contributed by atoms with E-state index in [0.717, 1.165) is 83.5 Å². The first-order valence-corrected chi connectivity index (χ1v) is 35.6. The number of hydrogen-bond acceptors (Lipinski definition) is 6. The molecule has 1 atom stereocenters. The molecule has 0 rings (SSSR count). The van der Waals surface area contributed by atoms with Crippen molar-refractivity contribution in [2.75, 3.05) is 13.2 Å². The topological polar surface area (TPSA) is 78.9 Å². The van der Waals surface area contributed by atoms with E-state index in [4.69, 9.17) is 14.2 Å². The molecule has 80 heavy (non-hydrogen) atoms. The maximum Gasteiger partial charge on any atom is 0.306 e. The molecule has 0 aromatic carbocycles. The largest absolute Gasteiger partial charge is 0.462 e. The van der Waals surface area contributed by atoms with Gasteiger partial charge in [0.2, 0.25) is 0 Å². The molecule has 0 aliphatic carbocycles. The van der Waals surface area contributed by atoms with Crippen molar-refractivity contribution in [3.05, 3.63) is 48.6 Å². The van der Waals surface area contributed by atoms with Gasteiger partial charge in [0.15, 0.2) is 6.10 Å². The average molecular weight is 1120 g/mol. The lowest BCUT2D eigenvalue weighted by atomic mass is 10.0. The fourth-order valence-corrected chi connectivity index (χ4v) is 10.8. The molecule has 0 aliphatic heterocycles. The predicted octanol–water partition coefficient (Wildman–Crippen LogP) is 24.5. The van der Waals surface area contributed by atoms with Crippen molar-refractivity contribution in [1.82, 2.24) is 0 Å². The molecule has 0 saturated carbocycles. The molecule has 0 aliphatic rings. The Kier molecular flexibility index (Phi) is 66.6. The molecule has 0 fully saturated rings. The van der Waals surface area contributed by atoms with Crippen LogP contribution in [0.3, 0.4) is 0 Å². The average Bonchev–Trinajstić information content (AvgIpc) is 3.46. The van der Waals surface area contributed by atoms with E-state index in [-0.39, 0.29) is 31.1 Å². The van der Waals surface area contributed by atoms with E-state index in [1.807, 2.05) is 0 Å². The minimum absolute atomic E-state index is 0.0773. The van der Waals surface area contributed by atoms with E-state index in [1.54, 1.807) is 0 Å². The van der Waals surface area contributed by atoms with Crippen LogP contribution in [0.2, 0.25) is 0 Å². The van der Waals surface area contributed by atoms with E-state index in [1.165, 1.54) is 263 Å². The first-order chi connectivity index (χ1) is 39.5. The SMILES string of the molecule is CC/C=C\C/C=C\C/C=C\CCCCCC(=O)OCC(COC(=O)CCCCCCCCCCCCCCCCCCCCCCC/C=C\CCCCCCCCCC)OC(=O)CCCCCCCCCCCCCCCCCC. The molecule has 0 amide bonds. The Bertz CT molecular complexity index is 1380. The van der Waals surface area contributed by atoms with Gasteiger partial charge in [-0.3, -0.25) is 14.4 Å². The van der Waals surface area contributed by atoms with Gasteiger partial charge in [-0.25, -0.2) is 0 Å². The number of unbranched alkanes of at least 4 members (excludes halogenated alkanes) is 47. The van der Waals surface area contributed by atoms with Crippen LogP contribution in [0.4, 0.5) is 0 Å². The van der Waals surface area contributed by atoms with Gasteiger partial charge in [0.1, 0.15) is 13.2 Å². The first kappa shape index (κ1) is 77.4. The second-order valence-corrected chi connectivity index (χ2v) is 24.1. The van der Waals surface area contributed by atoms with E-state index in [9.17, 15) is 14.4 Å². The third kappa shape index (κ3) is 66.2. The number of carbonyl (C=O) groups excluding carboxylic acids is 3. The molecule has 6 heteroatoms. The molecule has 1 unspecified atom stereocenters. The van der Waals surface area contributed by atoms with Gasteiger partial charge in [0, 0.05) is 19.3 Å². The third-order valence-corrected chi connectivity index (χ3v) is 16.1. The Morgan fingerprint density at radius 1 is 0.263 bits per heavy atom. The standard InChI is InChI=1S/C74H136O6/c1-4-7-10-13-16-19-22-25-27-29-30-31-32-33-34-35-36-37-38-39-40-41-42-43-44-45-47-49-52-55-58-61-64-67-73(76)79-70-71(69-78-72(75)66-63-60-57-54-51-48-24-21-18-15-12-9-6-3)80-74(77)68-65-62-59-56-53-50-46-28-26-23-20-17-14-11-8-5-2/h9,12,18,21,29-30,48,51,71H,4-8,10-11,13-17,19-20,22-28,31-47,49-50,52-70H2,1-3H3/b12-9-,21-18-,30-29-,51-48-. The Balaban J connectivity index is 4.10. The molecule has 468 valence electrons. The van der Waals surface area contributed by atoms with Crippen LogP contribution >= 0.6 is 0 Å². The van der Waals surface area contributed by atoms with Crippen LogP contribution in [0.15, 0.2) is 48.6 Å². The van der Waals surface area contributed by atoms with E-state index in [0.29, 0.717) is 19.3 Å². The van der Waals surface area contributed by atoms with Crippen LogP contribution in [0.1, 0.15) is 387 Å². The zero-order valence-electron chi connectivity index (χ0n) is 53.9. The first-order valence-electron chi connectivity index (χ1n) is 35.6. The second kappa shape index (κ2) is 68.9. The Morgan fingerprint density at radius 3 is 0.787 bits per heavy atom. The Labute approximate surface area is 498 Å². The summed E-state index contributed by atoms with van der Waals surface area (Å²) < 4.78 is 16.9. The van der Waals surface area contributed by atoms with Crippen molar-refractivity contribution in [3.8, 4) is 0 Å². The summed E-state index contributed by atoms with van der Waals surface area (Å²) in [5.41, 5.74) is 0. The molecule has 0 radical (unpaired) electrons. The highest BCUT2D eigenvalue weighted by molar-refractivity contribution is 5.71. The number of ether oxygens (including phenoxy) is 3. The fraction of sp³-hybridized carbons (Fsp3) is 0.851. The molecule has 0 saturated heterocycles. The highest BCUT2D eigenvalue weighted by Gasteiger charge is 2.19. The van der Waals surface area contributed by atoms with Gasteiger partial charge in [-0.15, -0.1) is 0 Å². The smallest absolute Gasteiger partial charge is 0.306 e. The minimum Gasteiger partial charge on any atom is -0.462 e. The van der Waals surface area contributed by atoms with Gasteiger partial charge in [-0.1, -0.05) is 339 Å². The number of carbonyl (C=O) groups is 3. The maximum absolute atomic E-state index is 12.9. The van der Waals surface area contributed by atoms with Crippen LogP contribution in [0.5, 0.6) is 0 Å². The summed E-state index contributed by atoms with van der Waals surface area (Å²) in [6.45, 7) is 6.56. The number of rotatable bonds is 66. The summed E-state index contributed by atoms with van der Waals surface area (Å²) in [4.78, 5) is 38.3. The molecule has 0 heterocycles. The molecular weight excluding hydrogens is 985 g/mol. The summed E-state index contributed by atoms with van der Waals surface area (Å²) >= 11 is 0. The van der Waals surface area contributed by atoms with Crippen molar-refractivity contribution < 1.29 is 28.6 Å². The fourth-order valence-electron chi connectivity index (χ4n) is 10.8. The van der Waals surface area contributed by atoms with Crippen LogP contribution < -0.4 is 0 Å². The summed E-state index contributed by atoms with van der Waals surface area (Å²) in [7, 11) is 0. The minimum atomic E-state index is -0.782. The zero-order chi connectivity index (χ0) is 57.8. The lowest BCUT2D eigenvalue weighted by Gasteiger charge is -2.18. The van der Waals surface area contributed by atoms with E-state index in [2.05, 4.69) is 69.4 Å². The summed E-state index contributed by atoms with van der Waals surface area (Å²) in [5.74, 6) is -0.883. The van der Waals surface area contributed by atoms with Crippen molar-refractivity contribution in [3.63, 3.8) is 0 Å². The number of esters is 3. The molecule has 0 bridgehead atoms. The monoisotopic (exact) mass is 1120 g/mol. The molecule has 6 nitrogen and oxygen atoms in total. The van der Waals surface area contributed by atoms with Gasteiger partial charge < -0.3 is 14.2 Å². The van der Waals surface area contributed by atoms with Crippen molar-refractivity contribution in [2.24, 2.45) is 0 Å². The molecule has 0 spiro atoms. The van der Waals surface area contributed by atoms with Gasteiger partial charge in [-0.2, -0.15) is 0 Å². The maximum atomic E-state index is 12.9. The lowest BCUT2D eigenvalue weighted by Crippen LogP contribution is -2.30. The highest BCUT2D eigenvalue weighted by atomic mass is 16.6. The molecule has 0 N–H and O–H groups in total. The van der Waals surface area contributed by atoms with Gasteiger partial charge in [0.25, 0.3) is 0 Å². The van der Waals surface area contributed by atoms with Crippen LogP contribution in [-0.2, 0) is 28.6 Å². The highest BCUT2D eigenvalue weighted by Crippen LogP contribution is 2.19. The quantitative estimate of drug-likeness (QED) is 0.0261. The molecular formula is C74H136O6. The lowest BCUT2D eigenvalue weighted by molar-refractivity contribution is -0.167. The second-order valence-electron chi connectivity index (χ2n) is 24.1. The third-order valence-electron chi connectivity index (χ3n) is 16.1. The van der Waals surface area contributed by atoms with Crippen molar-refractivity contribution in [1.29, 1.82) is 0 Å². The van der Waals surface area contributed by atoms with Crippen molar-refractivity contribution >= 4 is 17.9 Å². The van der Waals surface area contributed by atoms with E-state index < -0.39 is 6.10 Å². The summed E-state index contributed by atoms with van der Waals surface area (Å²) in [5, 5.41) is 0. The van der Waals surface area contributed by atoms with Crippen LogP contribution in [-0.4, -0.2) is 37.2 Å². The van der Waals surface area contributed by atoms with Crippen LogP contribution in [0.25, 0.3) is 0 Å². The zero-order valence-corrected chi connectivity index (χ0v) is 53.9. The number of hydrogen-bond donors (Lipinski definition) is 0. The van der Waals surface area contributed by atoms with Crippen molar-refractivity contribution in [2.45, 2.75) is 393 Å². The molecule has 0 aromatic rings. The summed E-state index contributed by atoms with van der Waals surface area (Å²) in [6, 6.07) is 0. The Morgan fingerprint density at radius 2 is 0.487 bits per heavy atom.